The van der Waals surface area contributed by atoms with Crippen LogP contribution in [-0.2, 0) is 6.61 Å². The first-order chi connectivity index (χ1) is 16.5. The van der Waals surface area contributed by atoms with Gasteiger partial charge in [0, 0.05) is 6.07 Å². The number of nitrogens with zero attached hydrogens (tertiary/aromatic N) is 3. The fraction of sp³-hybridized carbons (Fsp3) is 0.120. The van der Waals surface area contributed by atoms with Gasteiger partial charge in [0.2, 0.25) is 0 Å². The Hall–Kier alpha value is -4.17. The maximum Gasteiger partial charge on any atom is 0.287 e. The van der Waals surface area contributed by atoms with Crippen molar-refractivity contribution in [1.82, 2.24) is 4.98 Å². The standard InChI is InChI=1S/C25H21ClN4O4/c1-2-33-23-13-18(14-28-29-24-10-9-21(15-27-24)30(31)32)12-22(26)25(23)34-16-17-7-8-19-5-3-4-6-20(19)11-17/h3-15H,2,16H2,1H3,(H,27,29)/b28-14+. The third-order valence-corrected chi connectivity index (χ3v) is 5.16. The Bertz CT molecular complexity index is 1340. The minimum Gasteiger partial charge on any atom is -0.490 e. The number of hydrogen-bond acceptors (Lipinski definition) is 7. The monoisotopic (exact) mass is 476 g/mol. The first kappa shape index (κ1) is 23.0. The highest BCUT2D eigenvalue weighted by Crippen LogP contribution is 2.37. The Morgan fingerprint density at radius 2 is 1.91 bits per heavy atom. The van der Waals surface area contributed by atoms with Crippen molar-refractivity contribution in [1.29, 1.82) is 0 Å². The van der Waals surface area contributed by atoms with Crippen LogP contribution < -0.4 is 14.9 Å². The molecule has 0 aliphatic carbocycles. The molecular formula is C25H21ClN4O4. The number of hydrazone groups is 1. The Kier molecular flexibility index (Phi) is 7.19. The van der Waals surface area contributed by atoms with Crippen molar-refractivity contribution in [3.05, 3.63) is 99.2 Å². The van der Waals surface area contributed by atoms with Crippen LogP contribution in [0, 0.1) is 10.1 Å². The van der Waals surface area contributed by atoms with Crippen LogP contribution in [-0.4, -0.2) is 22.7 Å². The summed E-state index contributed by atoms with van der Waals surface area (Å²) in [6.45, 7) is 2.66. The molecule has 0 atom stereocenters. The summed E-state index contributed by atoms with van der Waals surface area (Å²) in [5.74, 6) is 1.33. The van der Waals surface area contributed by atoms with Crippen LogP contribution in [0.4, 0.5) is 11.5 Å². The van der Waals surface area contributed by atoms with Gasteiger partial charge in [0.05, 0.1) is 22.8 Å². The van der Waals surface area contributed by atoms with E-state index in [2.05, 4.69) is 39.8 Å². The summed E-state index contributed by atoms with van der Waals surface area (Å²) in [5, 5.41) is 17.5. The number of rotatable bonds is 9. The zero-order valence-electron chi connectivity index (χ0n) is 18.3. The molecule has 3 aromatic carbocycles. The average molecular weight is 477 g/mol. The molecule has 34 heavy (non-hydrogen) atoms. The van der Waals surface area contributed by atoms with E-state index in [-0.39, 0.29) is 5.69 Å². The summed E-state index contributed by atoms with van der Waals surface area (Å²) in [7, 11) is 0. The maximum absolute atomic E-state index is 10.7. The number of fused-ring (bicyclic) bond motifs is 1. The van der Waals surface area contributed by atoms with Crippen molar-refractivity contribution >= 4 is 40.1 Å². The lowest BCUT2D eigenvalue weighted by molar-refractivity contribution is -0.385. The van der Waals surface area contributed by atoms with Crippen molar-refractivity contribution < 1.29 is 14.4 Å². The molecule has 0 saturated carbocycles. The second-order valence-electron chi connectivity index (χ2n) is 7.26. The smallest absolute Gasteiger partial charge is 0.287 e. The first-order valence-electron chi connectivity index (χ1n) is 10.5. The van der Waals surface area contributed by atoms with E-state index in [9.17, 15) is 10.1 Å². The zero-order chi connectivity index (χ0) is 23.9. The van der Waals surface area contributed by atoms with E-state index in [1.54, 1.807) is 18.3 Å². The van der Waals surface area contributed by atoms with Crippen molar-refractivity contribution in [2.24, 2.45) is 5.10 Å². The molecule has 4 aromatic rings. The van der Waals surface area contributed by atoms with Gasteiger partial charge in [0.25, 0.3) is 5.69 Å². The maximum atomic E-state index is 10.7. The van der Waals surface area contributed by atoms with E-state index < -0.39 is 4.92 Å². The van der Waals surface area contributed by atoms with Crippen LogP contribution in [0.1, 0.15) is 18.1 Å². The van der Waals surface area contributed by atoms with Crippen molar-refractivity contribution in [2.75, 3.05) is 12.0 Å². The Morgan fingerprint density at radius 1 is 1.09 bits per heavy atom. The van der Waals surface area contributed by atoms with Gasteiger partial charge >= 0.3 is 0 Å². The molecule has 1 N–H and O–H groups in total. The minimum absolute atomic E-state index is 0.0954. The van der Waals surface area contributed by atoms with Gasteiger partial charge in [-0.05, 0) is 53.1 Å². The van der Waals surface area contributed by atoms with Gasteiger partial charge in [-0.2, -0.15) is 5.10 Å². The molecule has 0 bridgehead atoms. The molecule has 0 aliphatic heterocycles. The molecule has 0 saturated heterocycles. The Morgan fingerprint density at radius 3 is 2.65 bits per heavy atom. The normalized spacial score (nSPS) is 11.0. The zero-order valence-corrected chi connectivity index (χ0v) is 19.0. The average Bonchev–Trinajstić information content (AvgIpc) is 2.84. The van der Waals surface area contributed by atoms with Gasteiger partial charge in [-0.1, -0.05) is 48.0 Å². The summed E-state index contributed by atoms with van der Waals surface area (Å²) in [6, 6.07) is 20.6. The predicted octanol–water partition coefficient (Wildman–Crippen LogP) is 6.22. The minimum atomic E-state index is -0.513. The fourth-order valence-corrected chi connectivity index (χ4v) is 3.56. The van der Waals surface area contributed by atoms with Gasteiger partial charge in [0.15, 0.2) is 11.5 Å². The Balaban J connectivity index is 1.47. The highest BCUT2D eigenvalue weighted by atomic mass is 35.5. The summed E-state index contributed by atoms with van der Waals surface area (Å²) >= 11 is 6.51. The van der Waals surface area contributed by atoms with Crippen molar-refractivity contribution in [3.8, 4) is 11.5 Å². The van der Waals surface area contributed by atoms with E-state index in [0.717, 1.165) is 17.1 Å². The summed E-state index contributed by atoms with van der Waals surface area (Å²) in [6.07, 6.45) is 2.70. The van der Waals surface area contributed by atoms with Crippen LogP contribution in [0.15, 0.2) is 78.0 Å². The number of hydrogen-bond donors (Lipinski definition) is 1. The Labute approximate surface area is 201 Å². The number of pyridine rings is 1. The van der Waals surface area contributed by atoms with Crippen molar-refractivity contribution in [2.45, 2.75) is 13.5 Å². The highest BCUT2D eigenvalue weighted by molar-refractivity contribution is 6.32. The van der Waals surface area contributed by atoms with Crippen molar-refractivity contribution in [3.63, 3.8) is 0 Å². The van der Waals surface area contributed by atoms with E-state index in [4.69, 9.17) is 21.1 Å². The van der Waals surface area contributed by atoms with Crippen LogP contribution >= 0.6 is 11.6 Å². The summed E-state index contributed by atoms with van der Waals surface area (Å²) in [4.78, 5) is 14.1. The van der Waals surface area contributed by atoms with Crippen LogP contribution in [0.2, 0.25) is 5.02 Å². The van der Waals surface area contributed by atoms with Crippen LogP contribution in [0.3, 0.4) is 0 Å². The molecule has 172 valence electrons. The number of nitro groups is 1. The molecule has 0 unspecified atom stereocenters. The first-order valence-corrected chi connectivity index (χ1v) is 10.9. The molecular weight excluding hydrogens is 456 g/mol. The van der Waals surface area contributed by atoms with E-state index in [0.29, 0.717) is 41.1 Å². The number of halogens is 1. The summed E-state index contributed by atoms with van der Waals surface area (Å²) < 4.78 is 11.8. The second kappa shape index (κ2) is 10.6. The van der Waals surface area contributed by atoms with Gasteiger partial charge in [-0.15, -0.1) is 0 Å². The number of anilines is 1. The number of nitrogens with one attached hydrogen (secondary N) is 1. The molecule has 0 radical (unpaired) electrons. The number of benzene rings is 3. The fourth-order valence-electron chi connectivity index (χ4n) is 3.28. The largest absolute Gasteiger partial charge is 0.490 e. The third-order valence-electron chi connectivity index (χ3n) is 4.88. The van der Waals surface area contributed by atoms with Gasteiger partial charge in [0.1, 0.15) is 18.6 Å². The molecule has 4 rings (SSSR count). The number of ether oxygens (including phenoxy) is 2. The van der Waals surface area contributed by atoms with Gasteiger partial charge in [-0.3, -0.25) is 15.5 Å². The predicted molar refractivity (Wildman–Crippen MR) is 133 cm³/mol. The number of aromatic nitrogens is 1. The molecule has 0 aliphatic rings. The molecule has 0 amide bonds. The third kappa shape index (κ3) is 5.60. The second-order valence-corrected chi connectivity index (χ2v) is 7.67. The van der Waals surface area contributed by atoms with Gasteiger partial charge in [-0.25, -0.2) is 4.98 Å². The van der Waals surface area contributed by atoms with Crippen LogP contribution in [0.25, 0.3) is 10.8 Å². The SMILES string of the molecule is CCOc1cc(/C=N/Nc2ccc([N+](=O)[O-])cn2)cc(Cl)c1OCc1ccc2ccccc2c1. The van der Waals surface area contributed by atoms with Crippen LogP contribution in [0.5, 0.6) is 11.5 Å². The summed E-state index contributed by atoms with van der Waals surface area (Å²) in [5.41, 5.74) is 4.33. The quantitative estimate of drug-likeness (QED) is 0.175. The topological polar surface area (TPSA) is 98.9 Å². The molecule has 1 aromatic heterocycles. The lowest BCUT2D eigenvalue weighted by Crippen LogP contribution is -2.02. The molecule has 9 heteroatoms. The molecule has 1 heterocycles. The molecule has 8 nitrogen and oxygen atoms in total. The van der Waals surface area contributed by atoms with Gasteiger partial charge < -0.3 is 9.47 Å². The van der Waals surface area contributed by atoms with E-state index in [1.807, 2.05) is 25.1 Å². The van der Waals surface area contributed by atoms with E-state index >= 15 is 0 Å². The molecule has 0 spiro atoms. The lowest BCUT2D eigenvalue weighted by atomic mass is 10.1. The van der Waals surface area contributed by atoms with E-state index in [1.165, 1.54) is 17.5 Å². The highest BCUT2D eigenvalue weighted by Gasteiger charge is 2.13. The molecule has 0 fully saturated rings. The lowest BCUT2D eigenvalue weighted by Gasteiger charge is -2.15.